The van der Waals surface area contributed by atoms with Gasteiger partial charge in [-0.25, -0.2) is 12.7 Å². The summed E-state index contributed by atoms with van der Waals surface area (Å²) < 4.78 is 30.8. The maximum Gasteiger partial charge on any atom is 0.266 e. The fourth-order valence-corrected chi connectivity index (χ4v) is 4.18. The van der Waals surface area contributed by atoms with Crippen molar-refractivity contribution in [3.8, 4) is 5.75 Å². The van der Waals surface area contributed by atoms with E-state index in [1.165, 1.54) is 12.1 Å². The van der Waals surface area contributed by atoms with E-state index in [0.717, 1.165) is 7.05 Å². The molecule has 0 radical (unpaired) electrons. The summed E-state index contributed by atoms with van der Waals surface area (Å²) in [6.45, 7) is 2.40. The van der Waals surface area contributed by atoms with Crippen molar-refractivity contribution in [2.75, 3.05) is 19.0 Å². The molecule has 0 bridgehead atoms. The molecule has 8 heteroatoms. The van der Waals surface area contributed by atoms with Crippen molar-refractivity contribution in [3.05, 3.63) is 54.1 Å². The van der Waals surface area contributed by atoms with Gasteiger partial charge in [-0.2, -0.15) is 0 Å². The Bertz CT molecular complexity index is 954. The number of carbonyl (C=O) groups excluding carboxylic acids is 2. The fourth-order valence-electron chi connectivity index (χ4n) is 2.80. The van der Waals surface area contributed by atoms with E-state index in [1.54, 1.807) is 36.4 Å². The number of nitrogens with one attached hydrogen (secondary N) is 1. The first kappa shape index (κ1) is 17.9. The highest BCUT2D eigenvalue weighted by molar-refractivity contribution is 7.89. The van der Waals surface area contributed by atoms with E-state index in [-0.39, 0.29) is 10.5 Å². The molecule has 2 aromatic carbocycles. The molecular weight excluding hydrogens is 356 g/mol. The fraction of sp³-hybridized carbons (Fsp3) is 0.222. The zero-order valence-corrected chi connectivity index (χ0v) is 15.1. The van der Waals surface area contributed by atoms with E-state index in [9.17, 15) is 18.0 Å². The largest absolute Gasteiger partial charge is 0.494 e. The molecule has 0 saturated carbocycles. The zero-order valence-electron chi connectivity index (χ0n) is 14.3. The summed E-state index contributed by atoms with van der Waals surface area (Å²) in [6, 6.07) is 12.8. The number of amides is 2. The number of fused-ring (bicyclic) bond motifs is 1. The lowest BCUT2D eigenvalue weighted by atomic mass is 9.96. The summed E-state index contributed by atoms with van der Waals surface area (Å²) in [5.41, 5.74) is 0.666. The van der Waals surface area contributed by atoms with Crippen molar-refractivity contribution in [3.63, 3.8) is 0 Å². The summed E-state index contributed by atoms with van der Waals surface area (Å²) in [5.74, 6) is -1.94. The van der Waals surface area contributed by atoms with Gasteiger partial charge in [0, 0.05) is 12.7 Å². The Morgan fingerprint density at radius 1 is 1.15 bits per heavy atom. The van der Waals surface area contributed by atoms with Gasteiger partial charge in [-0.15, -0.1) is 0 Å². The van der Waals surface area contributed by atoms with Gasteiger partial charge in [0.2, 0.25) is 5.91 Å². The molecule has 1 N–H and O–H groups in total. The van der Waals surface area contributed by atoms with Crippen LogP contribution in [0.5, 0.6) is 5.75 Å². The highest BCUT2D eigenvalue weighted by Gasteiger charge is 2.44. The molecular formula is C18H18N2O5S. The zero-order chi connectivity index (χ0) is 18.9. The normalized spacial score (nSPS) is 18.2. The minimum absolute atomic E-state index is 0.0334. The average molecular weight is 374 g/mol. The second-order valence-electron chi connectivity index (χ2n) is 5.73. The summed E-state index contributed by atoms with van der Waals surface area (Å²) in [4.78, 5) is 25.2. The minimum Gasteiger partial charge on any atom is -0.494 e. The number of hydrogen-bond donors (Lipinski definition) is 1. The van der Waals surface area contributed by atoms with E-state index in [4.69, 9.17) is 4.74 Å². The molecule has 1 aliphatic rings. The van der Waals surface area contributed by atoms with Crippen LogP contribution in [0.2, 0.25) is 0 Å². The SMILES string of the molecule is CCOc1ccc(NC(=O)C2C(=O)N(C)S(=O)(=O)c3ccccc32)cc1. The van der Waals surface area contributed by atoms with Crippen molar-refractivity contribution >= 4 is 27.5 Å². The van der Waals surface area contributed by atoms with E-state index < -0.39 is 27.8 Å². The van der Waals surface area contributed by atoms with Crippen molar-refractivity contribution in [1.29, 1.82) is 0 Å². The molecule has 0 aliphatic carbocycles. The van der Waals surface area contributed by atoms with Crippen LogP contribution in [0.15, 0.2) is 53.4 Å². The van der Waals surface area contributed by atoms with Gasteiger partial charge < -0.3 is 10.1 Å². The Morgan fingerprint density at radius 3 is 2.46 bits per heavy atom. The van der Waals surface area contributed by atoms with Gasteiger partial charge in [0.15, 0.2) is 0 Å². The molecule has 0 aromatic heterocycles. The molecule has 1 aliphatic heterocycles. The first-order chi connectivity index (χ1) is 12.4. The Balaban J connectivity index is 1.92. The van der Waals surface area contributed by atoms with Crippen LogP contribution in [0.3, 0.4) is 0 Å². The standard InChI is InChI=1S/C18H18N2O5S/c1-3-25-13-10-8-12(9-11-13)19-17(21)16-14-6-4-5-7-15(14)26(23,24)20(2)18(16)22/h4-11,16H,3H2,1-2H3,(H,19,21). The van der Waals surface area contributed by atoms with Crippen molar-refractivity contribution in [2.45, 2.75) is 17.7 Å². The minimum atomic E-state index is -3.93. The van der Waals surface area contributed by atoms with Crippen LogP contribution in [0.25, 0.3) is 0 Å². The number of hydrogen-bond acceptors (Lipinski definition) is 5. The number of nitrogens with zero attached hydrogens (tertiary/aromatic N) is 1. The van der Waals surface area contributed by atoms with Crippen LogP contribution in [0.4, 0.5) is 5.69 Å². The van der Waals surface area contributed by atoms with Crippen LogP contribution in [0, 0.1) is 0 Å². The van der Waals surface area contributed by atoms with E-state index in [2.05, 4.69) is 5.32 Å². The summed E-state index contributed by atoms with van der Waals surface area (Å²) in [7, 11) is -2.78. The van der Waals surface area contributed by atoms with Crippen molar-refractivity contribution in [1.82, 2.24) is 4.31 Å². The van der Waals surface area contributed by atoms with Crippen LogP contribution in [-0.2, 0) is 19.6 Å². The Morgan fingerprint density at radius 2 is 1.81 bits per heavy atom. The molecule has 2 amide bonds. The number of carbonyl (C=O) groups is 2. The van der Waals surface area contributed by atoms with Crippen LogP contribution >= 0.6 is 0 Å². The molecule has 1 atom stereocenters. The van der Waals surface area contributed by atoms with Crippen LogP contribution < -0.4 is 10.1 Å². The average Bonchev–Trinajstić information content (AvgIpc) is 2.62. The van der Waals surface area contributed by atoms with Crippen molar-refractivity contribution < 1.29 is 22.7 Å². The number of anilines is 1. The molecule has 136 valence electrons. The third-order valence-electron chi connectivity index (χ3n) is 4.12. The van der Waals surface area contributed by atoms with Crippen molar-refractivity contribution in [2.24, 2.45) is 0 Å². The van der Waals surface area contributed by atoms with E-state index in [0.29, 0.717) is 22.3 Å². The monoisotopic (exact) mass is 374 g/mol. The van der Waals surface area contributed by atoms with Gasteiger partial charge in [-0.05, 0) is 42.8 Å². The Labute approximate surface area is 151 Å². The number of rotatable bonds is 4. The van der Waals surface area contributed by atoms with Gasteiger partial charge in [-0.1, -0.05) is 18.2 Å². The third kappa shape index (κ3) is 3.03. The molecule has 7 nitrogen and oxygen atoms in total. The second-order valence-corrected chi connectivity index (χ2v) is 7.67. The molecule has 3 rings (SSSR count). The summed E-state index contributed by atoms with van der Waals surface area (Å²) in [6.07, 6.45) is 0. The van der Waals surface area contributed by atoms with Gasteiger partial charge in [0.25, 0.3) is 15.9 Å². The van der Waals surface area contributed by atoms with Gasteiger partial charge in [0.05, 0.1) is 11.5 Å². The maximum atomic E-state index is 12.7. The second kappa shape index (κ2) is 6.80. The molecule has 0 saturated heterocycles. The predicted molar refractivity (Wildman–Crippen MR) is 95.4 cm³/mol. The topological polar surface area (TPSA) is 92.8 Å². The van der Waals surface area contributed by atoms with Gasteiger partial charge in [0.1, 0.15) is 11.7 Å². The molecule has 2 aromatic rings. The van der Waals surface area contributed by atoms with E-state index in [1.807, 2.05) is 6.92 Å². The summed E-state index contributed by atoms with van der Waals surface area (Å²) >= 11 is 0. The number of likely N-dealkylation sites (N-methyl/N-ethyl adjacent to an activating group) is 1. The lowest BCUT2D eigenvalue weighted by Crippen LogP contribution is -2.45. The molecule has 1 heterocycles. The maximum absolute atomic E-state index is 12.7. The molecule has 0 fully saturated rings. The smallest absolute Gasteiger partial charge is 0.266 e. The summed E-state index contributed by atoms with van der Waals surface area (Å²) in [5, 5.41) is 2.66. The van der Waals surface area contributed by atoms with Gasteiger partial charge >= 0.3 is 0 Å². The Hall–Kier alpha value is -2.87. The van der Waals surface area contributed by atoms with Crippen LogP contribution in [0.1, 0.15) is 18.4 Å². The van der Waals surface area contributed by atoms with Gasteiger partial charge in [-0.3, -0.25) is 9.59 Å². The molecule has 0 spiro atoms. The lowest BCUT2D eigenvalue weighted by molar-refractivity contribution is -0.132. The first-order valence-corrected chi connectivity index (χ1v) is 9.45. The van der Waals surface area contributed by atoms with E-state index >= 15 is 0 Å². The lowest BCUT2D eigenvalue weighted by Gasteiger charge is -2.30. The molecule has 1 unspecified atom stereocenters. The number of ether oxygens (including phenoxy) is 1. The first-order valence-electron chi connectivity index (χ1n) is 8.01. The number of benzene rings is 2. The number of sulfonamides is 1. The third-order valence-corrected chi connectivity index (χ3v) is 5.95. The molecule has 26 heavy (non-hydrogen) atoms. The van der Waals surface area contributed by atoms with Crippen LogP contribution in [-0.4, -0.2) is 38.2 Å². The quantitative estimate of drug-likeness (QED) is 0.826. The highest BCUT2D eigenvalue weighted by atomic mass is 32.2. The highest BCUT2D eigenvalue weighted by Crippen LogP contribution is 2.34. The predicted octanol–water partition coefficient (Wildman–Crippen LogP) is 1.97. The Kier molecular flexibility index (Phi) is 4.69.